The molecule has 0 unspecified atom stereocenters. The molecule has 3 aromatic heterocycles. The molecule has 0 saturated carbocycles. The summed E-state index contributed by atoms with van der Waals surface area (Å²) in [4.78, 5) is 33.2. The molecule has 28 heavy (non-hydrogen) atoms. The molecule has 3 aromatic rings. The van der Waals surface area contributed by atoms with Crippen LogP contribution in [0.1, 0.15) is 30.8 Å². The lowest BCUT2D eigenvalue weighted by atomic mass is 10.2. The minimum atomic E-state index is -0.0747. The largest absolute Gasteiger partial charge is 0.356 e. The highest BCUT2D eigenvalue weighted by atomic mass is 32.1. The molecule has 0 radical (unpaired) electrons. The fraction of sp³-hybridized carbons (Fsp3) is 0.421. The molecule has 1 amide bonds. The average molecular weight is 398 g/mol. The number of aryl methyl sites for hydroxylation is 2. The number of thiazole rings is 1. The zero-order valence-corrected chi connectivity index (χ0v) is 16.3. The number of hydrogen-bond donors (Lipinski definition) is 1. The SMILES string of the molecule is O=C(Cc1csc(-c2ccccn2)n1)NCCCn1nc2n(c1=O)CCCC2. The van der Waals surface area contributed by atoms with Gasteiger partial charge in [-0.1, -0.05) is 6.07 Å². The number of nitrogens with zero attached hydrogens (tertiary/aromatic N) is 5. The van der Waals surface area contributed by atoms with Crippen LogP contribution in [0, 0.1) is 0 Å². The van der Waals surface area contributed by atoms with Crippen molar-refractivity contribution in [3.05, 3.63) is 51.8 Å². The molecule has 0 bridgehead atoms. The van der Waals surface area contributed by atoms with Crippen molar-refractivity contribution in [1.82, 2.24) is 29.6 Å². The lowest BCUT2D eigenvalue weighted by Crippen LogP contribution is -2.30. The van der Waals surface area contributed by atoms with Gasteiger partial charge < -0.3 is 5.32 Å². The fourth-order valence-electron chi connectivity index (χ4n) is 3.27. The van der Waals surface area contributed by atoms with E-state index in [1.165, 1.54) is 16.0 Å². The van der Waals surface area contributed by atoms with E-state index in [0.717, 1.165) is 48.0 Å². The van der Waals surface area contributed by atoms with Crippen molar-refractivity contribution in [2.45, 2.75) is 45.2 Å². The third-order valence-corrected chi connectivity index (χ3v) is 5.59. The van der Waals surface area contributed by atoms with Crippen molar-refractivity contribution >= 4 is 17.2 Å². The highest BCUT2D eigenvalue weighted by Gasteiger charge is 2.16. The molecule has 1 aliphatic heterocycles. The lowest BCUT2D eigenvalue weighted by molar-refractivity contribution is -0.120. The second-order valence-electron chi connectivity index (χ2n) is 6.77. The van der Waals surface area contributed by atoms with Gasteiger partial charge in [-0.3, -0.25) is 14.3 Å². The number of carbonyl (C=O) groups is 1. The van der Waals surface area contributed by atoms with Crippen LogP contribution in [0.15, 0.2) is 34.6 Å². The monoisotopic (exact) mass is 398 g/mol. The minimum absolute atomic E-state index is 0.0365. The van der Waals surface area contributed by atoms with Gasteiger partial charge >= 0.3 is 5.69 Å². The van der Waals surface area contributed by atoms with E-state index in [9.17, 15) is 9.59 Å². The number of fused-ring (bicyclic) bond motifs is 1. The number of hydrogen-bond acceptors (Lipinski definition) is 6. The fourth-order valence-corrected chi connectivity index (χ4v) is 4.07. The number of rotatable bonds is 7. The molecule has 4 heterocycles. The second-order valence-corrected chi connectivity index (χ2v) is 7.63. The van der Waals surface area contributed by atoms with Crippen LogP contribution in [0.4, 0.5) is 0 Å². The maximum atomic E-state index is 12.3. The number of pyridine rings is 1. The molecule has 9 heteroatoms. The molecule has 0 spiro atoms. The zero-order valence-electron chi connectivity index (χ0n) is 15.5. The van der Waals surface area contributed by atoms with E-state index in [0.29, 0.717) is 19.5 Å². The van der Waals surface area contributed by atoms with Gasteiger partial charge in [-0.15, -0.1) is 11.3 Å². The first-order valence-corrected chi connectivity index (χ1v) is 10.4. The van der Waals surface area contributed by atoms with Crippen molar-refractivity contribution in [3.63, 3.8) is 0 Å². The maximum Gasteiger partial charge on any atom is 0.345 e. The lowest BCUT2D eigenvalue weighted by Gasteiger charge is -2.09. The molecule has 146 valence electrons. The highest BCUT2D eigenvalue weighted by Crippen LogP contribution is 2.21. The van der Waals surface area contributed by atoms with Crippen LogP contribution < -0.4 is 11.0 Å². The molecule has 1 N–H and O–H groups in total. The predicted octanol–water partition coefficient (Wildman–Crippen LogP) is 1.65. The van der Waals surface area contributed by atoms with E-state index in [-0.39, 0.29) is 18.0 Å². The summed E-state index contributed by atoms with van der Waals surface area (Å²) < 4.78 is 3.29. The summed E-state index contributed by atoms with van der Waals surface area (Å²) in [6.45, 7) is 1.78. The van der Waals surface area contributed by atoms with Crippen LogP contribution in [-0.4, -0.2) is 36.8 Å². The quantitative estimate of drug-likeness (QED) is 0.611. The van der Waals surface area contributed by atoms with E-state index >= 15 is 0 Å². The van der Waals surface area contributed by atoms with Gasteiger partial charge in [0.25, 0.3) is 0 Å². The Morgan fingerprint density at radius 1 is 1.29 bits per heavy atom. The van der Waals surface area contributed by atoms with Gasteiger partial charge in [-0.2, -0.15) is 5.10 Å². The number of amides is 1. The molecular formula is C19H22N6O2S. The Morgan fingerprint density at radius 2 is 2.21 bits per heavy atom. The van der Waals surface area contributed by atoms with Gasteiger partial charge in [0, 0.05) is 37.6 Å². The summed E-state index contributed by atoms with van der Waals surface area (Å²) in [6.07, 6.45) is 5.62. The van der Waals surface area contributed by atoms with Gasteiger partial charge in [-0.05, 0) is 31.4 Å². The molecule has 1 aliphatic rings. The summed E-state index contributed by atoms with van der Waals surface area (Å²) in [5.41, 5.74) is 1.51. The number of carbonyl (C=O) groups excluding carboxylic acids is 1. The molecule has 0 atom stereocenters. The summed E-state index contributed by atoms with van der Waals surface area (Å²) in [5, 5.41) is 10.00. The molecule has 0 fully saturated rings. The Hall–Kier alpha value is -2.81. The van der Waals surface area contributed by atoms with Crippen molar-refractivity contribution in [3.8, 4) is 10.7 Å². The molecule has 8 nitrogen and oxygen atoms in total. The molecule has 0 aliphatic carbocycles. The second kappa shape index (κ2) is 8.47. The van der Waals surface area contributed by atoms with Crippen LogP contribution in [0.25, 0.3) is 10.7 Å². The Kier molecular flexibility index (Phi) is 5.61. The number of nitrogens with one attached hydrogen (secondary N) is 1. The Balaban J connectivity index is 1.24. The third-order valence-electron chi connectivity index (χ3n) is 4.68. The Morgan fingerprint density at radius 3 is 3.04 bits per heavy atom. The molecule has 0 aromatic carbocycles. The average Bonchev–Trinajstić information content (AvgIpc) is 3.31. The van der Waals surface area contributed by atoms with Crippen LogP contribution >= 0.6 is 11.3 Å². The van der Waals surface area contributed by atoms with Gasteiger partial charge in [0.05, 0.1) is 17.8 Å². The van der Waals surface area contributed by atoms with Crippen LogP contribution in [0.5, 0.6) is 0 Å². The van der Waals surface area contributed by atoms with Crippen LogP contribution in [0.3, 0.4) is 0 Å². The van der Waals surface area contributed by atoms with Crippen molar-refractivity contribution in [1.29, 1.82) is 0 Å². The predicted molar refractivity (Wildman–Crippen MR) is 106 cm³/mol. The van der Waals surface area contributed by atoms with Crippen LogP contribution in [-0.2, 0) is 30.7 Å². The Bertz CT molecular complexity index is 1010. The maximum absolute atomic E-state index is 12.3. The highest BCUT2D eigenvalue weighted by molar-refractivity contribution is 7.13. The molecule has 4 rings (SSSR count). The Labute approximate surface area is 166 Å². The zero-order chi connectivity index (χ0) is 19.3. The normalized spacial score (nSPS) is 13.3. The number of aromatic nitrogens is 5. The van der Waals surface area contributed by atoms with E-state index in [1.807, 2.05) is 23.6 Å². The molecular weight excluding hydrogens is 376 g/mol. The van der Waals surface area contributed by atoms with Gasteiger partial charge in [0.15, 0.2) is 0 Å². The first-order chi connectivity index (χ1) is 13.7. The minimum Gasteiger partial charge on any atom is -0.356 e. The first kappa shape index (κ1) is 18.5. The van der Waals surface area contributed by atoms with Gasteiger partial charge in [0.2, 0.25) is 5.91 Å². The van der Waals surface area contributed by atoms with Crippen molar-refractivity contribution in [2.75, 3.05) is 6.54 Å². The van der Waals surface area contributed by atoms with E-state index in [4.69, 9.17) is 0 Å². The molecule has 0 saturated heterocycles. The summed E-state index contributed by atoms with van der Waals surface area (Å²) in [6, 6.07) is 5.68. The van der Waals surface area contributed by atoms with Gasteiger partial charge in [-0.25, -0.2) is 14.5 Å². The first-order valence-electron chi connectivity index (χ1n) is 9.50. The smallest absolute Gasteiger partial charge is 0.345 e. The topological polar surface area (TPSA) is 94.7 Å². The summed E-state index contributed by atoms with van der Waals surface area (Å²) >= 11 is 1.48. The van der Waals surface area contributed by atoms with E-state index in [2.05, 4.69) is 20.4 Å². The van der Waals surface area contributed by atoms with Crippen molar-refractivity contribution < 1.29 is 4.79 Å². The third kappa shape index (κ3) is 4.19. The summed E-state index contributed by atoms with van der Waals surface area (Å²) in [7, 11) is 0. The standard InChI is InChI=1S/C19H22N6O2S/c26-17(12-14-13-28-18(22-14)15-6-1-3-8-20-15)21-9-5-11-25-19(27)24-10-4-2-7-16(24)23-25/h1,3,6,8,13H,2,4-5,7,9-12H2,(H,21,26). The van der Waals surface area contributed by atoms with Gasteiger partial charge in [0.1, 0.15) is 10.8 Å². The van der Waals surface area contributed by atoms with E-state index < -0.39 is 0 Å². The van der Waals surface area contributed by atoms with Crippen LogP contribution in [0.2, 0.25) is 0 Å². The van der Waals surface area contributed by atoms with E-state index in [1.54, 1.807) is 10.8 Å². The summed E-state index contributed by atoms with van der Waals surface area (Å²) in [5.74, 6) is 0.807. The van der Waals surface area contributed by atoms with Crippen molar-refractivity contribution in [2.24, 2.45) is 0 Å².